The molecule has 3 rings (SSSR count). The van der Waals surface area contributed by atoms with Crippen molar-refractivity contribution in [2.45, 2.75) is 62.8 Å². The summed E-state index contributed by atoms with van der Waals surface area (Å²) in [4.78, 5) is 25.5. The van der Waals surface area contributed by atoms with Crippen LogP contribution in [-0.2, 0) is 14.3 Å². The van der Waals surface area contributed by atoms with Gasteiger partial charge < -0.3 is 15.2 Å². The summed E-state index contributed by atoms with van der Waals surface area (Å²) in [5, 5.41) is 12.0. The highest BCUT2D eigenvalue weighted by atomic mass is 16.5. The molecule has 6 heteroatoms. The topological polar surface area (TPSA) is 78.9 Å². The van der Waals surface area contributed by atoms with Gasteiger partial charge >= 0.3 is 5.97 Å². The van der Waals surface area contributed by atoms with Crippen LogP contribution in [0.25, 0.3) is 0 Å². The molecule has 0 saturated carbocycles. The van der Waals surface area contributed by atoms with E-state index in [0.29, 0.717) is 18.9 Å². The predicted molar refractivity (Wildman–Crippen MR) is 71.3 cm³/mol. The van der Waals surface area contributed by atoms with Crippen molar-refractivity contribution in [1.82, 2.24) is 10.2 Å². The van der Waals surface area contributed by atoms with Crippen LogP contribution in [0.2, 0.25) is 0 Å². The molecule has 2 unspecified atom stereocenters. The number of carboxylic acid groups (broad SMARTS) is 1. The second kappa shape index (κ2) is 5.69. The Morgan fingerprint density at radius 1 is 1.05 bits per heavy atom. The summed E-state index contributed by atoms with van der Waals surface area (Å²) in [6.07, 6.45) is 4.14. The Balaban J connectivity index is 1.53. The van der Waals surface area contributed by atoms with Gasteiger partial charge in [0.15, 0.2) is 6.10 Å². The number of amides is 1. The van der Waals surface area contributed by atoms with Crippen LogP contribution < -0.4 is 5.32 Å². The average molecular weight is 282 g/mol. The Labute approximate surface area is 118 Å². The van der Waals surface area contributed by atoms with Gasteiger partial charge in [0.25, 0.3) is 0 Å². The molecule has 0 radical (unpaired) electrons. The third-order valence-corrected chi connectivity index (χ3v) is 4.77. The zero-order chi connectivity index (χ0) is 14.1. The number of nitrogens with zero attached hydrogens (tertiary/aromatic N) is 1. The average Bonchev–Trinajstić information content (AvgIpc) is 3.06. The number of rotatable bonds is 3. The number of carbonyl (C=O) groups is 2. The quantitative estimate of drug-likeness (QED) is 0.781. The molecule has 112 valence electrons. The molecule has 0 bridgehead atoms. The number of carbonyl (C=O) groups excluding carboxylic acids is 1. The summed E-state index contributed by atoms with van der Waals surface area (Å²) < 4.78 is 5.31. The minimum absolute atomic E-state index is 0.133. The number of hydrogen-bond donors (Lipinski definition) is 2. The van der Waals surface area contributed by atoms with E-state index in [9.17, 15) is 9.59 Å². The molecule has 0 aromatic carbocycles. The van der Waals surface area contributed by atoms with Gasteiger partial charge in [-0.3, -0.25) is 9.69 Å². The maximum Gasteiger partial charge on any atom is 0.332 e. The van der Waals surface area contributed by atoms with Crippen molar-refractivity contribution in [3.05, 3.63) is 0 Å². The number of piperidine rings is 1. The van der Waals surface area contributed by atoms with Crippen LogP contribution in [0, 0.1) is 0 Å². The molecule has 4 atom stereocenters. The van der Waals surface area contributed by atoms with E-state index >= 15 is 0 Å². The molecular formula is C14H22N2O4. The van der Waals surface area contributed by atoms with E-state index in [1.807, 2.05) is 0 Å². The number of carboxylic acids is 1. The van der Waals surface area contributed by atoms with Gasteiger partial charge in [-0.15, -0.1) is 0 Å². The summed E-state index contributed by atoms with van der Waals surface area (Å²) in [7, 11) is 0. The number of fused-ring (bicyclic) bond motifs is 1. The number of nitrogens with one attached hydrogen (secondary N) is 1. The third-order valence-electron chi connectivity index (χ3n) is 4.77. The fraction of sp³-hybridized carbons (Fsp3) is 0.857. The number of ether oxygens (including phenoxy) is 1. The molecule has 1 amide bonds. The second-order valence-electron chi connectivity index (χ2n) is 6.03. The lowest BCUT2D eigenvalue weighted by Gasteiger charge is -2.32. The molecular weight excluding hydrogens is 260 g/mol. The van der Waals surface area contributed by atoms with Crippen molar-refractivity contribution in [2.75, 3.05) is 13.1 Å². The zero-order valence-corrected chi connectivity index (χ0v) is 11.6. The van der Waals surface area contributed by atoms with Crippen molar-refractivity contribution >= 4 is 11.9 Å². The molecule has 3 aliphatic heterocycles. The van der Waals surface area contributed by atoms with E-state index < -0.39 is 18.2 Å². The Kier molecular flexibility index (Phi) is 3.94. The third kappa shape index (κ3) is 2.67. The van der Waals surface area contributed by atoms with Gasteiger partial charge in [0.2, 0.25) is 5.91 Å². The van der Waals surface area contributed by atoms with Crippen LogP contribution in [0.4, 0.5) is 0 Å². The molecule has 0 spiro atoms. The van der Waals surface area contributed by atoms with Crippen LogP contribution in [0.15, 0.2) is 0 Å². The lowest BCUT2D eigenvalue weighted by Crippen LogP contribution is -2.49. The van der Waals surface area contributed by atoms with E-state index in [0.717, 1.165) is 25.9 Å². The fourth-order valence-electron chi connectivity index (χ4n) is 3.70. The minimum Gasteiger partial charge on any atom is -0.479 e. The van der Waals surface area contributed by atoms with E-state index in [1.54, 1.807) is 0 Å². The van der Waals surface area contributed by atoms with Crippen molar-refractivity contribution in [1.29, 1.82) is 0 Å². The first kappa shape index (κ1) is 13.8. The van der Waals surface area contributed by atoms with Crippen molar-refractivity contribution in [3.8, 4) is 0 Å². The second-order valence-corrected chi connectivity index (χ2v) is 6.03. The first-order chi connectivity index (χ1) is 9.65. The summed E-state index contributed by atoms with van der Waals surface area (Å²) >= 11 is 0. The van der Waals surface area contributed by atoms with E-state index in [2.05, 4.69) is 10.2 Å². The van der Waals surface area contributed by atoms with E-state index in [4.69, 9.17) is 9.84 Å². The van der Waals surface area contributed by atoms with E-state index in [-0.39, 0.29) is 11.9 Å². The van der Waals surface area contributed by atoms with Gasteiger partial charge in [-0.25, -0.2) is 4.79 Å². The molecule has 6 nitrogen and oxygen atoms in total. The SMILES string of the molecule is O=C(NC1CCN2CCCCC12)[C@@H]1CC[C@H](C(=O)O)O1. The number of hydrogen-bond acceptors (Lipinski definition) is 4. The minimum atomic E-state index is -0.973. The van der Waals surface area contributed by atoms with Crippen LogP contribution in [0.5, 0.6) is 0 Å². The molecule has 0 aliphatic carbocycles. The van der Waals surface area contributed by atoms with Gasteiger partial charge in [-0.05, 0) is 38.6 Å². The summed E-state index contributed by atoms with van der Waals surface area (Å²) in [5.74, 6) is -1.11. The summed E-state index contributed by atoms with van der Waals surface area (Å²) in [5.41, 5.74) is 0. The Hall–Kier alpha value is -1.14. The fourth-order valence-corrected chi connectivity index (χ4v) is 3.70. The summed E-state index contributed by atoms with van der Waals surface area (Å²) in [6, 6.07) is 0.666. The van der Waals surface area contributed by atoms with Crippen LogP contribution in [0.1, 0.15) is 38.5 Å². The van der Waals surface area contributed by atoms with Crippen LogP contribution >= 0.6 is 0 Å². The van der Waals surface area contributed by atoms with Gasteiger partial charge in [-0.2, -0.15) is 0 Å². The van der Waals surface area contributed by atoms with Crippen molar-refractivity contribution in [2.24, 2.45) is 0 Å². The lowest BCUT2D eigenvalue weighted by molar-refractivity contribution is -0.152. The zero-order valence-electron chi connectivity index (χ0n) is 11.6. The van der Waals surface area contributed by atoms with Gasteiger partial charge in [0.1, 0.15) is 6.10 Å². The molecule has 3 heterocycles. The van der Waals surface area contributed by atoms with Crippen LogP contribution in [-0.4, -0.2) is 59.3 Å². The Morgan fingerprint density at radius 3 is 2.60 bits per heavy atom. The number of aliphatic carboxylic acids is 1. The largest absolute Gasteiger partial charge is 0.479 e. The molecule has 2 N–H and O–H groups in total. The molecule has 0 aromatic heterocycles. The summed E-state index contributed by atoms with van der Waals surface area (Å²) in [6.45, 7) is 2.19. The standard InChI is InChI=1S/C14H22N2O4/c17-13(11-4-5-12(20-11)14(18)19)15-9-6-8-16-7-2-1-3-10(9)16/h9-12H,1-8H2,(H,15,17)(H,18,19)/t9?,10?,11-,12+/m0/s1. The van der Waals surface area contributed by atoms with Gasteiger partial charge in [0, 0.05) is 18.6 Å². The van der Waals surface area contributed by atoms with Crippen molar-refractivity contribution < 1.29 is 19.4 Å². The first-order valence-electron chi connectivity index (χ1n) is 7.58. The van der Waals surface area contributed by atoms with Gasteiger partial charge in [0.05, 0.1) is 0 Å². The van der Waals surface area contributed by atoms with Gasteiger partial charge in [-0.1, -0.05) is 6.42 Å². The normalized spacial score (nSPS) is 37.6. The first-order valence-corrected chi connectivity index (χ1v) is 7.58. The highest BCUT2D eigenvalue weighted by molar-refractivity contribution is 5.83. The maximum atomic E-state index is 12.2. The van der Waals surface area contributed by atoms with Crippen LogP contribution in [0.3, 0.4) is 0 Å². The predicted octanol–water partition coefficient (Wildman–Crippen LogP) is 0.362. The molecule has 20 heavy (non-hydrogen) atoms. The smallest absolute Gasteiger partial charge is 0.332 e. The van der Waals surface area contributed by atoms with Crippen molar-refractivity contribution in [3.63, 3.8) is 0 Å². The van der Waals surface area contributed by atoms with E-state index in [1.165, 1.54) is 12.8 Å². The molecule has 3 aliphatic rings. The molecule has 0 aromatic rings. The molecule has 3 fully saturated rings. The highest BCUT2D eigenvalue weighted by Crippen LogP contribution is 2.28. The Bertz CT molecular complexity index is 401. The maximum absolute atomic E-state index is 12.2. The molecule has 3 saturated heterocycles. The lowest BCUT2D eigenvalue weighted by atomic mass is 9.99. The monoisotopic (exact) mass is 282 g/mol. The highest BCUT2D eigenvalue weighted by Gasteiger charge is 2.39. The Morgan fingerprint density at radius 2 is 1.85 bits per heavy atom.